The van der Waals surface area contributed by atoms with E-state index in [1.165, 1.54) is 12.7 Å². The first-order chi connectivity index (χ1) is 8.61. The van der Waals surface area contributed by atoms with Crippen LogP contribution in [0, 0.1) is 11.3 Å². The van der Waals surface area contributed by atoms with E-state index in [1.807, 2.05) is 0 Å². The lowest BCUT2D eigenvalue weighted by Crippen LogP contribution is -2.62. The zero-order valence-corrected chi connectivity index (χ0v) is 13.8. The summed E-state index contributed by atoms with van der Waals surface area (Å²) in [6, 6.07) is 0. The molecule has 0 aromatic rings. The molecule has 0 saturated heterocycles. The molecule has 0 spiro atoms. The number of amidine groups is 1. The Hall–Kier alpha value is -0.550. The average molecular weight is 285 g/mol. The monoisotopic (exact) mass is 285 g/mol. The summed E-state index contributed by atoms with van der Waals surface area (Å²) >= 11 is -1.32. The number of rotatable bonds is 3. The Labute approximate surface area is 120 Å². The van der Waals surface area contributed by atoms with Crippen LogP contribution in [-0.2, 0) is 11.2 Å². The molecule has 0 aliphatic heterocycles. The molecule has 1 unspecified atom stereocenters. The summed E-state index contributed by atoms with van der Waals surface area (Å²) in [6.45, 7) is 11.0. The Morgan fingerprint density at radius 2 is 1.95 bits per heavy atom. The van der Waals surface area contributed by atoms with E-state index >= 15 is 0 Å². The molecule has 0 bridgehead atoms. The SMILES string of the molecule is CC(C)C1(N(/C=N/C(=N)[S+](C)[O-])C(C)(C)C)CCC1. The molecule has 1 saturated carbocycles. The van der Waals surface area contributed by atoms with Gasteiger partial charge in [-0.2, -0.15) is 4.99 Å². The quantitative estimate of drug-likeness (QED) is 0.492. The van der Waals surface area contributed by atoms with Crippen molar-refractivity contribution < 1.29 is 4.55 Å². The first-order valence-corrected chi connectivity index (χ1v) is 8.42. The minimum atomic E-state index is -1.32. The summed E-state index contributed by atoms with van der Waals surface area (Å²) in [5.74, 6) is 0.535. The summed E-state index contributed by atoms with van der Waals surface area (Å²) in [4.78, 5) is 6.38. The second-order valence-corrected chi connectivity index (χ2v) is 7.95. The van der Waals surface area contributed by atoms with Gasteiger partial charge in [-0.1, -0.05) is 13.8 Å². The van der Waals surface area contributed by atoms with Crippen molar-refractivity contribution in [1.82, 2.24) is 4.90 Å². The zero-order chi connectivity index (χ0) is 14.8. The third-order valence-electron chi connectivity index (χ3n) is 4.06. The molecule has 1 rings (SSSR count). The van der Waals surface area contributed by atoms with Crippen molar-refractivity contribution >= 4 is 22.7 Å². The van der Waals surface area contributed by atoms with E-state index in [9.17, 15) is 4.55 Å². The number of hydrogen-bond donors (Lipinski definition) is 1. The summed E-state index contributed by atoms with van der Waals surface area (Å²) in [5.41, 5.74) is 0.0843. The van der Waals surface area contributed by atoms with E-state index in [-0.39, 0.29) is 16.2 Å². The van der Waals surface area contributed by atoms with Crippen LogP contribution in [0.25, 0.3) is 0 Å². The van der Waals surface area contributed by atoms with Gasteiger partial charge in [0.1, 0.15) is 6.26 Å². The highest BCUT2D eigenvalue weighted by Crippen LogP contribution is 2.45. The van der Waals surface area contributed by atoms with Gasteiger partial charge in [0, 0.05) is 22.3 Å². The predicted octanol–water partition coefficient (Wildman–Crippen LogP) is 3.01. The normalized spacial score (nSPS) is 20.4. The van der Waals surface area contributed by atoms with Crippen LogP contribution in [0.2, 0.25) is 0 Å². The smallest absolute Gasteiger partial charge is 0.336 e. The van der Waals surface area contributed by atoms with E-state index < -0.39 is 11.2 Å². The van der Waals surface area contributed by atoms with Gasteiger partial charge in [0.2, 0.25) is 0 Å². The van der Waals surface area contributed by atoms with Crippen molar-refractivity contribution in [2.24, 2.45) is 10.9 Å². The van der Waals surface area contributed by atoms with Crippen LogP contribution in [0.3, 0.4) is 0 Å². The molecule has 1 N–H and O–H groups in total. The average Bonchev–Trinajstić information content (AvgIpc) is 2.18. The van der Waals surface area contributed by atoms with E-state index in [1.54, 1.807) is 6.34 Å². The first-order valence-electron chi connectivity index (χ1n) is 6.87. The van der Waals surface area contributed by atoms with Crippen LogP contribution in [-0.4, -0.2) is 38.3 Å². The van der Waals surface area contributed by atoms with E-state index in [0.717, 1.165) is 12.8 Å². The van der Waals surface area contributed by atoms with Crippen LogP contribution < -0.4 is 0 Å². The Morgan fingerprint density at radius 3 is 2.21 bits per heavy atom. The highest BCUT2D eigenvalue weighted by molar-refractivity contribution is 8.05. The molecule has 110 valence electrons. The molecule has 0 heterocycles. The molecular formula is C14H27N3OS. The summed E-state index contributed by atoms with van der Waals surface area (Å²) in [6.07, 6.45) is 6.80. The number of nitrogens with zero attached hydrogens (tertiary/aromatic N) is 2. The van der Waals surface area contributed by atoms with Gasteiger partial charge < -0.3 is 9.45 Å². The third-order valence-corrected chi connectivity index (χ3v) is 4.71. The van der Waals surface area contributed by atoms with Crippen LogP contribution >= 0.6 is 0 Å². The fourth-order valence-electron chi connectivity index (χ4n) is 2.78. The Morgan fingerprint density at radius 1 is 1.42 bits per heavy atom. The minimum Gasteiger partial charge on any atom is -0.609 e. The fourth-order valence-corrected chi connectivity index (χ4v) is 2.97. The van der Waals surface area contributed by atoms with Gasteiger partial charge >= 0.3 is 5.17 Å². The lowest BCUT2D eigenvalue weighted by Gasteiger charge is -2.57. The molecule has 0 amide bonds. The summed E-state index contributed by atoms with van der Waals surface area (Å²) in [5, 5.41) is 7.54. The van der Waals surface area contributed by atoms with Crippen LogP contribution in [0.4, 0.5) is 0 Å². The topological polar surface area (TPSA) is 62.5 Å². The van der Waals surface area contributed by atoms with Crippen molar-refractivity contribution in [2.75, 3.05) is 6.26 Å². The molecular weight excluding hydrogens is 258 g/mol. The van der Waals surface area contributed by atoms with E-state index in [2.05, 4.69) is 44.5 Å². The van der Waals surface area contributed by atoms with Gasteiger partial charge in [0.15, 0.2) is 0 Å². The summed E-state index contributed by atoms with van der Waals surface area (Å²) < 4.78 is 11.2. The van der Waals surface area contributed by atoms with Crippen LogP contribution in [0.5, 0.6) is 0 Å². The molecule has 0 aromatic heterocycles. The minimum absolute atomic E-state index is 0.0519. The standard InChI is InChI=1S/C14H27N3OS/c1-11(2)14(8-7-9-14)17(13(3,4)5)10-16-12(15)19(6)18/h10-11,15H,7-9H2,1-6H3/b15-12?,16-10+. The molecule has 4 nitrogen and oxygen atoms in total. The maximum Gasteiger partial charge on any atom is 0.336 e. The highest BCUT2D eigenvalue weighted by Gasteiger charge is 2.47. The maximum absolute atomic E-state index is 11.2. The van der Waals surface area contributed by atoms with Crippen molar-refractivity contribution in [3.8, 4) is 0 Å². The molecule has 1 fully saturated rings. The maximum atomic E-state index is 11.2. The van der Waals surface area contributed by atoms with E-state index in [0.29, 0.717) is 5.92 Å². The Bertz CT molecular complexity index is 354. The van der Waals surface area contributed by atoms with Crippen LogP contribution in [0.1, 0.15) is 53.9 Å². The van der Waals surface area contributed by atoms with Gasteiger partial charge in [-0.25, -0.2) is 5.41 Å². The molecule has 1 atom stereocenters. The molecule has 19 heavy (non-hydrogen) atoms. The predicted molar refractivity (Wildman–Crippen MR) is 83.3 cm³/mol. The largest absolute Gasteiger partial charge is 0.609 e. The van der Waals surface area contributed by atoms with Crippen molar-refractivity contribution in [3.63, 3.8) is 0 Å². The van der Waals surface area contributed by atoms with Gasteiger partial charge in [-0.05, 0) is 46.0 Å². The molecule has 5 heteroatoms. The van der Waals surface area contributed by atoms with Gasteiger partial charge in [-0.15, -0.1) is 0 Å². The fraction of sp³-hybridized carbons (Fsp3) is 0.857. The van der Waals surface area contributed by atoms with Crippen LogP contribution in [0.15, 0.2) is 4.99 Å². The lowest BCUT2D eigenvalue weighted by molar-refractivity contribution is -0.0176. The number of aliphatic imine (C=N–C) groups is 1. The highest BCUT2D eigenvalue weighted by atomic mass is 32.2. The number of hydrogen-bond acceptors (Lipinski definition) is 2. The van der Waals surface area contributed by atoms with Gasteiger partial charge in [-0.3, -0.25) is 0 Å². The molecule has 1 aliphatic carbocycles. The number of nitrogens with one attached hydrogen (secondary N) is 1. The molecule has 0 aromatic carbocycles. The van der Waals surface area contributed by atoms with E-state index in [4.69, 9.17) is 5.41 Å². The molecule has 0 radical (unpaired) electrons. The second kappa shape index (κ2) is 5.83. The Kier molecular flexibility index (Phi) is 5.07. The first kappa shape index (κ1) is 16.5. The van der Waals surface area contributed by atoms with Gasteiger partial charge in [0.25, 0.3) is 0 Å². The third kappa shape index (κ3) is 3.51. The summed E-state index contributed by atoms with van der Waals surface area (Å²) in [7, 11) is 0. The van der Waals surface area contributed by atoms with Crippen molar-refractivity contribution in [1.29, 1.82) is 5.41 Å². The second-order valence-electron chi connectivity index (χ2n) is 6.66. The van der Waals surface area contributed by atoms with Gasteiger partial charge in [0.05, 0.1) is 6.34 Å². The zero-order valence-electron chi connectivity index (χ0n) is 13.0. The lowest BCUT2D eigenvalue weighted by atomic mass is 9.67. The van der Waals surface area contributed by atoms with Crippen molar-refractivity contribution in [3.05, 3.63) is 0 Å². The Balaban J connectivity index is 3.00. The van der Waals surface area contributed by atoms with Crippen molar-refractivity contribution in [2.45, 2.75) is 65.0 Å². The molecule has 1 aliphatic rings.